The predicted molar refractivity (Wildman–Crippen MR) is 76.1 cm³/mol. The second-order valence-electron chi connectivity index (χ2n) is 5.25. The van der Waals surface area contributed by atoms with Gasteiger partial charge in [-0.25, -0.2) is 0 Å². The molecule has 0 bridgehead atoms. The highest BCUT2D eigenvalue weighted by atomic mass is 16.3. The van der Waals surface area contributed by atoms with Crippen LogP contribution in [0.1, 0.15) is 24.7 Å². The Hall–Kier alpha value is -1.66. The second kappa shape index (κ2) is 6.19. The number of rotatable bonds is 4. The standard InChI is InChI=1S/C14H22N4O2/c1-3-16-14(20)12-6-10(15)7-18(12)8-11-13(19)5-4-9(2)17-11/h4-5,10,12,19H,3,6-8,15H2,1-2H3,(H,16,20)/t10-,12-/m0/s1. The number of nitrogens with zero attached hydrogens (tertiary/aromatic N) is 2. The van der Waals surface area contributed by atoms with E-state index in [2.05, 4.69) is 10.3 Å². The Kier molecular flexibility index (Phi) is 4.57. The Labute approximate surface area is 119 Å². The smallest absolute Gasteiger partial charge is 0.237 e. The van der Waals surface area contributed by atoms with Gasteiger partial charge in [0.15, 0.2) is 0 Å². The minimum absolute atomic E-state index is 0.00686. The fourth-order valence-corrected chi connectivity index (χ4v) is 2.59. The maximum absolute atomic E-state index is 12.1. The number of amides is 1. The molecule has 6 nitrogen and oxygen atoms in total. The highest BCUT2D eigenvalue weighted by Crippen LogP contribution is 2.23. The summed E-state index contributed by atoms with van der Waals surface area (Å²) in [4.78, 5) is 18.4. The summed E-state index contributed by atoms with van der Waals surface area (Å²) in [7, 11) is 0. The summed E-state index contributed by atoms with van der Waals surface area (Å²) in [6, 6.07) is 3.13. The molecule has 0 unspecified atom stereocenters. The van der Waals surface area contributed by atoms with Crippen molar-refractivity contribution in [1.29, 1.82) is 0 Å². The average Bonchev–Trinajstić information content (AvgIpc) is 2.75. The highest BCUT2D eigenvalue weighted by Gasteiger charge is 2.35. The first-order valence-corrected chi connectivity index (χ1v) is 6.94. The van der Waals surface area contributed by atoms with E-state index in [0.29, 0.717) is 31.7 Å². The maximum atomic E-state index is 12.1. The molecule has 2 heterocycles. The van der Waals surface area contributed by atoms with Crippen molar-refractivity contribution in [3.63, 3.8) is 0 Å². The van der Waals surface area contributed by atoms with Gasteiger partial charge in [-0.2, -0.15) is 0 Å². The molecule has 0 aromatic carbocycles. The van der Waals surface area contributed by atoms with Gasteiger partial charge in [0.25, 0.3) is 0 Å². The van der Waals surface area contributed by atoms with Crippen LogP contribution in [0.25, 0.3) is 0 Å². The first-order chi connectivity index (χ1) is 9.51. The molecule has 4 N–H and O–H groups in total. The van der Waals surface area contributed by atoms with Crippen LogP contribution in [0, 0.1) is 6.92 Å². The molecule has 2 rings (SSSR count). The van der Waals surface area contributed by atoms with Crippen LogP contribution in [0.3, 0.4) is 0 Å². The molecule has 1 amide bonds. The Bertz CT molecular complexity index is 492. The quantitative estimate of drug-likeness (QED) is 0.728. The van der Waals surface area contributed by atoms with Crippen LogP contribution in [-0.4, -0.2) is 46.1 Å². The number of aromatic hydroxyl groups is 1. The Balaban J connectivity index is 2.13. The molecule has 0 spiro atoms. The van der Waals surface area contributed by atoms with Gasteiger partial charge in [-0.05, 0) is 32.4 Å². The largest absolute Gasteiger partial charge is 0.506 e. The zero-order chi connectivity index (χ0) is 14.7. The van der Waals surface area contributed by atoms with E-state index in [1.807, 2.05) is 18.7 Å². The van der Waals surface area contributed by atoms with Gasteiger partial charge in [0.05, 0.1) is 11.7 Å². The van der Waals surface area contributed by atoms with Gasteiger partial charge in [-0.15, -0.1) is 0 Å². The van der Waals surface area contributed by atoms with Crippen LogP contribution < -0.4 is 11.1 Å². The molecule has 1 saturated heterocycles. The van der Waals surface area contributed by atoms with Crippen LogP contribution >= 0.6 is 0 Å². The number of likely N-dealkylation sites (tertiary alicyclic amines) is 1. The van der Waals surface area contributed by atoms with Gasteiger partial charge >= 0.3 is 0 Å². The molecule has 1 fully saturated rings. The summed E-state index contributed by atoms with van der Waals surface area (Å²) < 4.78 is 0. The first-order valence-electron chi connectivity index (χ1n) is 6.94. The van der Waals surface area contributed by atoms with Crippen LogP contribution in [-0.2, 0) is 11.3 Å². The maximum Gasteiger partial charge on any atom is 0.237 e. The van der Waals surface area contributed by atoms with Crippen molar-refractivity contribution >= 4 is 5.91 Å². The molecule has 1 aromatic heterocycles. The van der Waals surface area contributed by atoms with Crippen LogP contribution in [0.5, 0.6) is 5.75 Å². The van der Waals surface area contributed by atoms with E-state index in [4.69, 9.17) is 5.73 Å². The lowest BCUT2D eigenvalue weighted by Crippen LogP contribution is -2.42. The van der Waals surface area contributed by atoms with E-state index in [1.165, 1.54) is 0 Å². The second-order valence-corrected chi connectivity index (χ2v) is 5.25. The van der Waals surface area contributed by atoms with E-state index in [0.717, 1.165) is 5.69 Å². The highest BCUT2D eigenvalue weighted by molar-refractivity contribution is 5.82. The third kappa shape index (κ3) is 3.26. The summed E-state index contributed by atoms with van der Waals surface area (Å²) >= 11 is 0. The molecular weight excluding hydrogens is 256 g/mol. The third-order valence-electron chi connectivity index (χ3n) is 3.53. The third-order valence-corrected chi connectivity index (χ3v) is 3.53. The molecule has 0 radical (unpaired) electrons. The fraction of sp³-hybridized carbons (Fsp3) is 0.571. The van der Waals surface area contributed by atoms with Gasteiger partial charge in [0.1, 0.15) is 5.75 Å². The molecule has 110 valence electrons. The lowest BCUT2D eigenvalue weighted by atomic mass is 10.1. The van der Waals surface area contributed by atoms with Crippen molar-refractivity contribution in [1.82, 2.24) is 15.2 Å². The van der Waals surface area contributed by atoms with E-state index in [-0.39, 0.29) is 23.7 Å². The number of likely N-dealkylation sites (N-methyl/N-ethyl adjacent to an activating group) is 1. The number of aromatic nitrogens is 1. The molecule has 0 aliphatic carbocycles. The molecule has 1 aliphatic rings. The molecular formula is C14H22N4O2. The van der Waals surface area contributed by atoms with Gasteiger partial charge in [-0.3, -0.25) is 14.7 Å². The van der Waals surface area contributed by atoms with E-state index < -0.39 is 0 Å². The summed E-state index contributed by atoms with van der Waals surface area (Å²) in [6.07, 6.45) is 0.637. The average molecular weight is 278 g/mol. The number of nitrogens with two attached hydrogens (primary N) is 1. The number of nitrogens with one attached hydrogen (secondary N) is 1. The summed E-state index contributed by atoms with van der Waals surface area (Å²) in [5.41, 5.74) is 7.40. The number of hydrogen-bond donors (Lipinski definition) is 3. The lowest BCUT2D eigenvalue weighted by molar-refractivity contribution is -0.125. The number of carbonyl (C=O) groups is 1. The van der Waals surface area contributed by atoms with Crippen molar-refractivity contribution in [3.8, 4) is 5.75 Å². The van der Waals surface area contributed by atoms with Crippen molar-refractivity contribution < 1.29 is 9.90 Å². The predicted octanol–water partition coefficient (Wildman–Crippen LogP) is 0.133. The molecule has 1 aliphatic heterocycles. The summed E-state index contributed by atoms with van der Waals surface area (Å²) in [5, 5.41) is 12.7. The van der Waals surface area contributed by atoms with E-state index in [1.54, 1.807) is 12.1 Å². The molecule has 6 heteroatoms. The number of pyridine rings is 1. The van der Waals surface area contributed by atoms with Crippen LogP contribution in [0.15, 0.2) is 12.1 Å². The normalized spacial score (nSPS) is 22.9. The van der Waals surface area contributed by atoms with Gasteiger partial charge in [0, 0.05) is 31.4 Å². The molecule has 2 atom stereocenters. The molecule has 20 heavy (non-hydrogen) atoms. The number of carbonyl (C=O) groups excluding carboxylic acids is 1. The molecule has 1 aromatic rings. The SMILES string of the molecule is CCNC(=O)[C@@H]1C[C@H](N)CN1Cc1nc(C)ccc1O. The fourth-order valence-electron chi connectivity index (χ4n) is 2.59. The van der Waals surface area contributed by atoms with Gasteiger partial charge in [0.2, 0.25) is 5.91 Å². The topological polar surface area (TPSA) is 91.5 Å². The molecule has 0 saturated carbocycles. The van der Waals surface area contributed by atoms with Crippen molar-refractivity contribution in [2.45, 2.75) is 38.9 Å². The van der Waals surface area contributed by atoms with Gasteiger partial charge < -0.3 is 16.2 Å². The Morgan fingerprint density at radius 1 is 1.60 bits per heavy atom. The van der Waals surface area contributed by atoms with Crippen molar-refractivity contribution in [2.75, 3.05) is 13.1 Å². The Morgan fingerprint density at radius 2 is 2.35 bits per heavy atom. The van der Waals surface area contributed by atoms with E-state index in [9.17, 15) is 9.90 Å². The Morgan fingerprint density at radius 3 is 3.05 bits per heavy atom. The zero-order valence-electron chi connectivity index (χ0n) is 12.0. The summed E-state index contributed by atoms with van der Waals surface area (Å²) in [6.45, 7) is 5.44. The van der Waals surface area contributed by atoms with Crippen LogP contribution in [0.2, 0.25) is 0 Å². The zero-order valence-corrected chi connectivity index (χ0v) is 12.0. The van der Waals surface area contributed by atoms with Crippen LogP contribution in [0.4, 0.5) is 0 Å². The minimum Gasteiger partial charge on any atom is -0.506 e. The minimum atomic E-state index is -0.244. The van der Waals surface area contributed by atoms with Crippen molar-refractivity contribution in [2.24, 2.45) is 5.73 Å². The number of hydrogen-bond acceptors (Lipinski definition) is 5. The monoisotopic (exact) mass is 278 g/mol. The first kappa shape index (κ1) is 14.7. The van der Waals surface area contributed by atoms with Gasteiger partial charge in [-0.1, -0.05) is 0 Å². The van der Waals surface area contributed by atoms with E-state index >= 15 is 0 Å². The lowest BCUT2D eigenvalue weighted by Gasteiger charge is -2.23. The van der Waals surface area contributed by atoms with Crippen molar-refractivity contribution in [3.05, 3.63) is 23.5 Å². The number of aryl methyl sites for hydroxylation is 1. The summed E-state index contributed by atoms with van der Waals surface area (Å²) in [5.74, 6) is 0.151.